The molecule has 2 aromatic rings. The first kappa shape index (κ1) is 14.1. The molecule has 0 amide bonds. The molecule has 0 spiro atoms. The van der Waals surface area contributed by atoms with E-state index in [1.165, 1.54) is 24.3 Å². The summed E-state index contributed by atoms with van der Waals surface area (Å²) < 4.78 is 56.5. The van der Waals surface area contributed by atoms with Crippen LogP contribution >= 0.6 is 0 Å². The van der Waals surface area contributed by atoms with Gasteiger partial charge in [0.2, 0.25) is 0 Å². The molecule has 7 heteroatoms. The van der Waals surface area contributed by atoms with E-state index in [4.69, 9.17) is 4.65 Å². The van der Waals surface area contributed by atoms with Crippen molar-refractivity contribution in [1.82, 2.24) is 0 Å². The second kappa shape index (κ2) is 4.86. The molecular formula is C14H9BF4O2. The fourth-order valence-corrected chi connectivity index (χ4v) is 2.30. The zero-order valence-corrected chi connectivity index (χ0v) is 10.6. The highest BCUT2D eigenvalue weighted by atomic mass is 19.4. The van der Waals surface area contributed by atoms with E-state index in [0.717, 1.165) is 12.1 Å². The van der Waals surface area contributed by atoms with Crippen molar-refractivity contribution in [1.29, 1.82) is 0 Å². The number of hydrogen-bond donors (Lipinski definition) is 1. The number of halogens is 4. The van der Waals surface area contributed by atoms with Crippen molar-refractivity contribution in [3.8, 4) is 11.1 Å². The van der Waals surface area contributed by atoms with Crippen LogP contribution in [0.3, 0.4) is 0 Å². The Morgan fingerprint density at radius 2 is 1.76 bits per heavy atom. The highest BCUT2D eigenvalue weighted by Gasteiger charge is 2.31. The SMILES string of the molecule is OB1OCc2cc(F)c(-c3ccc(C(F)(F)F)cc3)cc21. The lowest BCUT2D eigenvalue weighted by Crippen LogP contribution is -2.28. The van der Waals surface area contributed by atoms with Gasteiger partial charge in [0.25, 0.3) is 0 Å². The minimum Gasteiger partial charge on any atom is -0.423 e. The summed E-state index contributed by atoms with van der Waals surface area (Å²) in [5.74, 6) is -0.564. The van der Waals surface area contributed by atoms with Gasteiger partial charge >= 0.3 is 13.3 Å². The largest absolute Gasteiger partial charge is 0.491 e. The molecule has 0 radical (unpaired) electrons. The van der Waals surface area contributed by atoms with Gasteiger partial charge in [0.05, 0.1) is 12.2 Å². The minimum atomic E-state index is -4.43. The lowest BCUT2D eigenvalue weighted by Gasteiger charge is -2.10. The molecule has 3 rings (SSSR count). The van der Waals surface area contributed by atoms with Gasteiger partial charge in [0.1, 0.15) is 5.82 Å². The van der Waals surface area contributed by atoms with E-state index < -0.39 is 24.7 Å². The van der Waals surface area contributed by atoms with E-state index >= 15 is 0 Å². The van der Waals surface area contributed by atoms with Crippen LogP contribution in [0.25, 0.3) is 11.1 Å². The second-order valence-corrected chi connectivity index (χ2v) is 4.77. The lowest BCUT2D eigenvalue weighted by atomic mass is 9.78. The van der Waals surface area contributed by atoms with Crippen molar-refractivity contribution >= 4 is 12.6 Å². The quantitative estimate of drug-likeness (QED) is 0.647. The molecule has 0 unspecified atom stereocenters. The van der Waals surface area contributed by atoms with Gasteiger partial charge in [-0.1, -0.05) is 18.2 Å². The molecule has 0 aromatic heterocycles. The molecule has 0 atom stereocenters. The van der Waals surface area contributed by atoms with Crippen LogP contribution in [-0.4, -0.2) is 12.1 Å². The van der Waals surface area contributed by atoms with E-state index in [-0.39, 0.29) is 12.2 Å². The summed E-state index contributed by atoms with van der Waals surface area (Å²) >= 11 is 0. The van der Waals surface area contributed by atoms with Crippen molar-refractivity contribution < 1.29 is 27.2 Å². The van der Waals surface area contributed by atoms with Crippen LogP contribution in [0.2, 0.25) is 0 Å². The maximum atomic E-state index is 14.0. The van der Waals surface area contributed by atoms with Crippen LogP contribution in [0.4, 0.5) is 17.6 Å². The predicted molar refractivity (Wildman–Crippen MR) is 69.2 cm³/mol. The highest BCUT2D eigenvalue weighted by Crippen LogP contribution is 2.32. The average Bonchev–Trinajstić information content (AvgIpc) is 2.78. The first-order valence-corrected chi connectivity index (χ1v) is 6.16. The summed E-state index contributed by atoms with van der Waals surface area (Å²) in [5, 5.41) is 9.60. The summed E-state index contributed by atoms with van der Waals surface area (Å²) in [7, 11) is -1.13. The third-order valence-electron chi connectivity index (χ3n) is 3.41. The Morgan fingerprint density at radius 1 is 1.10 bits per heavy atom. The predicted octanol–water partition coefficient (Wildman–Crippen LogP) is 2.73. The summed E-state index contributed by atoms with van der Waals surface area (Å²) in [6, 6.07) is 6.85. The number of fused-ring (bicyclic) bond motifs is 1. The monoisotopic (exact) mass is 296 g/mol. The molecule has 1 aliphatic heterocycles. The molecule has 0 saturated carbocycles. The van der Waals surface area contributed by atoms with Gasteiger partial charge in [-0.3, -0.25) is 0 Å². The Kier molecular flexibility index (Phi) is 3.26. The zero-order chi connectivity index (χ0) is 15.2. The normalized spacial score (nSPS) is 14.4. The zero-order valence-electron chi connectivity index (χ0n) is 10.6. The van der Waals surface area contributed by atoms with E-state index in [1.54, 1.807) is 0 Å². The summed E-state index contributed by atoms with van der Waals surface area (Å²) in [6.07, 6.45) is -4.43. The van der Waals surface area contributed by atoms with Gasteiger partial charge in [0.15, 0.2) is 0 Å². The van der Waals surface area contributed by atoms with Crippen LogP contribution in [0.5, 0.6) is 0 Å². The first-order chi connectivity index (χ1) is 9.86. The van der Waals surface area contributed by atoms with Crippen LogP contribution in [0.15, 0.2) is 36.4 Å². The summed E-state index contributed by atoms with van der Waals surface area (Å²) in [5.41, 5.74) is 0.618. The van der Waals surface area contributed by atoms with Crippen LogP contribution in [-0.2, 0) is 17.4 Å². The van der Waals surface area contributed by atoms with Gasteiger partial charge < -0.3 is 9.68 Å². The van der Waals surface area contributed by atoms with E-state index in [0.29, 0.717) is 16.6 Å². The van der Waals surface area contributed by atoms with Crippen LogP contribution in [0, 0.1) is 5.82 Å². The van der Waals surface area contributed by atoms with Crippen molar-refractivity contribution in [3.05, 3.63) is 53.3 Å². The summed E-state index contributed by atoms with van der Waals surface area (Å²) in [6.45, 7) is 0.112. The number of alkyl halides is 3. The van der Waals surface area contributed by atoms with E-state index in [2.05, 4.69) is 0 Å². The Bertz CT molecular complexity index is 683. The molecule has 2 aromatic carbocycles. The topological polar surface area (TPSA) is 29.5 Å². The minimum absolute atomic E-state index is 0.112. The maximum absolute atomic E-state index is 14.0. The van der Waals surface area contributed by atoms with Crippen molar-refractivity contribution in [3.63, 3.8) is 0 Å². The van der Waals surface area contributed by atoms with Crippen LogP contribution in [0.1, 0.15) is 11.1 Å². The van der Waals surface area contributed by atoms with Gasteiger partial charge in [0, 0.05) is 5.56 Å². The molecule has 0 fully saturated rings. The Hall–Kier alpha value is -1.86. The molecule has 2 nitrogen and oxygen atoms in total. The number of rotatable bonds is 1. The average molecular weight is 296 g/mol. The Morgan fingerprint density at radius 3 is 2.38 bits per heavy atom. The number of hydrogen-bond acceptors (Lipinski definition) is 2. The van der Waals surface area contributed by atoms with Gasteiger partial charge in [-0.05, 0) is 34.8 Å². The molecule has 0 aliphatic carbocycles. The molecule has 0 saturated heterocycles. The molecule has 0 bridgehead atoms. The second-order valence-electron chi connectivity index (χ2n) is 4.77. The third-order valence-corrected chi connectivity index (χ3v) is 3.41. The Labute approximate surface area is 118 Å². The highest BCUT2D eigenvalue weighted by molar-refractivity contribution is 6.61. The smallest absolute Gasteiger partial charge is 0.423 e. The molecule has 1 N–H and O–H groups in total. The van der Waals surface area contributed by atoms with Gasteiger partial charge in [-0.25, -0.2) is 4.39 Å². The molecular weight excluding hydrogens is 287 g/mol. The van der Waals surface area contributed by atoms with Crippen molar-refractivity contribution in [2.24, 2.45) is 0 Å². The first-order valence-electron chi connectivity index (χ1n) is 6.16. The third kappa shape index (κ3) is 2.54. The van der Waals surface area contributed by atoms with Crippen molar-refractivity contribution in [2.45, 2.75) is 12.8 Å². The molecule has 1 aliphatic rings. The summed E-state index contributed by atoms with van der Waals surface area (Å²) in [4.78, 5) is 0. The van der Waals surface area contributed by atoms with Crippen LogP contribution < -0.4 is 5.46 Å². The fraction of sp³-hybridized carbons (Fsp3) is 0.143. The van der Waals surface area contributed by atoms with Crippen molar-refractivity contribution in [2.75, 3.05) is 0 Å². The maximum Gasteiger partial charge on any atom is 0.491 e. The molecule has 1 heterocycles. The van der Waals surface area contributed by atoms with E-state index in [9.17, 15) is 22.6 Å². The van der Waals surface area contributed by atoms with E-state index in [1.807, 2.05) is 0 Å². The molecule has 108 valence electrons. The van der Waals surface area contributed by atoms with Gasteiger partial charge in [-0.15, -0.1) is 0 Å². The number of benzene rings is 2. The lowest BCUT2D eigenvalue weighted by molar-refractivity contribution is -0.137. The molecule has 21 heavy (non-hydrogen) atoms. The standard InChI is InChI=1S/C14H9BF4O2/c16-13-5-9-7-21-15(20)12(9)6-11(13)8-1-3-10(4-2-8)14(17,18)19/h1-6,20H,7H2. The Balaban J connectivity index is 2.03. The fourth-order valence-electron chi connectivity index (χ4n) is 2.30. The van der Waals surface area contributed by atoms with Gasteiger partial charge in [-0.2, -0.15) is 13.2 Å².